The number of hydrogen-bond donors (Lipinski definition) is 1. The van der Waals surface area contributed by atoms with Crippen molar-refractivity contribution in [1.29, 1.82) is 0 Å². The molecule has 34 heavy (non-hydrogen) atoms. The third-order valence-electron chi connectivity index (χ3n) is 5.10. The zero-order valence-electron chi connectivity index (χ0n) is 18.7. The molecule has 1 N–H and O–H groups in total. The molecule has 0 bridgehead atoms. The summed E-state index contributed by atoms with van der Waals surface area (Å²) in [5.74, 6) is -0.516. The van der Waals surface area contributed by atoms with Crippen LogP contribution >= 0.6 is 0 Å². The predicted molar refractivity (Wildman–Crippen MR) is 125 cm³/mol. The van der Waals surface area contributed by atoms with E-state index < -0.39 is 17.7 Å². The number of aromatic nitrogens is 1. The van der Waals surface area contributed by atoms with Crippen molar-refractivity contribution in [1.82, 2.24) is 4.98 Å². The number of pyridine rings is 1. The Bertz CT molecular complexity index is 1230. The van der Waals surface area contributed by atoms with Crippen molar-refractivity contribution in [2.45, 2.75) is 6.92 Å². The van der Waals surface area contributed by atoms with Crippen LogP contribution in [0.5, 0.6) is 11.6 Å². The van der Waals surface area contributed by atoms with Crippen molar-refractivity contribution in [2.24, 2.45) is 0 Å². The maximum absolute atomic E-state index is 13.1. The van der Waals surface area contributed by atoms with Gasteiger partial charge in [-0.15, -0.1) is 0 Å². The lowest BCUT2D eigenvalue weighted by atomic mass is 10.1. The van der Waals surface area contributed by atoms with Gasteiger partial charge in [0.15, 0.2) is 0 Å². The predicted octanol–water partition coefficient (Wildman–Crippen LogP) is 3.56. The number of ether oxygens (including phenoxy) is 3. The molecule has 3 aromatic rings. The third-order valence-corrected chi connectivity index (χ3v) is 5.10. The van der Waals surface area contributed by atoms with Crippen LogP contribution in [-0.4, -0.2) is 49.6 Å². The molecule has 9 heteroatoms. The summed E-state index contributed by atoms with van der Waals surface area (Å²) in [6.45, 7) is 3.02. The molecule has 0 aliphatic carbocycles. The lowest BCUT2D eigenvalue weighted by molar-refractivity contribution is 0.0925. The largest absolute Gasteiger partial charge is 0.494 e. The summed E-state index contributed by atoms with van der Waals surface area (Å²) in [5, 5.41) is 2.74. The minimum atomic E-state index is -0.497. The topological polar surface area (TPSA) is 107 Å². The molecule has 2 aromatic carbocycles. The molecule has 0 saturated carbocycles. The number of anilines is 2. The molecule has 174 valence electrons. The Morgan fingerprint density at radius 2 is 1.74 bits per heavy atom. The fourth-order valence-corrected chi connectivity index (χ4v) is 3.49. The van der Waals surface area contributed by atoms with Crippen LogP contribution in [-0.2, 0) is 4.74 Å². The standard InChI is InChI=1S/C25H23N3O6/c1-3-33-18-9-7-17(8-10-18)28-24(30)19-11-6-16(15-20(19)25(28)31)22(29)27-21-5-4-12-26-23(21)34-14-13-32-2/h4-12,15H,3,13-14H2,1-2H3,(H,27,29). The number of methoxy groups -OCH3 is 1. The number of carbonyl (C=O) groups excluding carboxylic acids is 3. The van der Waals surface area contributed by atoms with Crippen LogP contribution in [0.1, 0.15) is 38.0 Å². The van der Waals surface area contributed by atoms with E-state index in [0.29, 0.717) is 30.3 Å². The summed E-state index contributed by atoms with van der Waals surface area (Å²) < 4.78 is 15.9. The van der Waals surface area contributed by atoms with Crippen molar-refractivity contribution < 1.29 is 28.6 Å². The fraction of sp³-hybridized carbons (Fsp3) is 0.200. The molecule has 3 amide bonds. The highest BCUT2D eigenvalue weighted by Gasteiger charge is 2.37. The van der Waals surface area contributed by atoms with Gasteiger partial charge < -0.3 is 19.5 Å². The number of imide groups is 1. The van der Waals surface area contributed by atoms with Gasteiger partial charge in [0.1, 0.15) is 18.0 Å². The first-order chi connectivity index (χ1) is 16.5. The van der Waals surface area contributed by atoms with Crippen LogP contribution in [0.2, 0.25) is 0 Å². The molecule has 2 heterocycles. The minimum Gasteiger partial charge on any atom is -0.494 e. The molecule has 1 aromatic heterocycles. The van der Waals surface area contributed by atoms with E-state index >= 15 is 0 Å². The molecule has 0 saturated heterocycles. The van der Waals surface area contributed by atoms with E-state index in [0.717, 1.165) is 4.90 Å². The summed E-state index contributed by atoms with van der Waals surface area (Å²) in [4.78, 5) is 44.1. The molecule has 0 radical (unpaired) electrons. The van der Waals surface area contributed by atoms with Crippen molar-refractivity contribution in [3.63, 3.8) is 0 Å². The Morgan fingerprint density at radius 1 is 0.971 bits per heavy atom. The van der Waals surface area contributed by atoms with Gasteiger partial charge in [0, 0.05) is 18.9 Å². The number of benzene rings is 2. The average Bonchev–Trinajstić information content (AvgIpc) is 3.10. The Labute approximate surface area is 196 Å². The Balaban J connectivity index is 1.54. The number of fused-ring (bicyclic) bond motifs is 1. The van der Waals surface area contributed by atoms with Crippen LogP contribution in [0, 0.1) is 0 Å². The van der Waals surface area contributed by atoms with Crippen molar-refractivity contribution in [3.05, 3.63) is 77.5 Å². The lowest BCUT2D eigenvalue weighted by Crippen LogP contribution is -2.29. The number of amides is 3. The highest BCUT2D eigenvalue weighted by atomic mass is 16.5. The molecular formula is C25H23N3O6. The van der Waals surface area contributed by atoms with Gasteiger partial charge in [0.05, 0.1) is 30.0 Å². The third kappa shape index (κ3) is 4.60. The average molecular weight is 461 g/mol. The molecule has 0 fully saturated rings. The summed E-state index contributed by atoms with van der Waals surface area (Å²) >= 11 is 0. The van der Waals surface area contributed by atoms with Gasteiger partial charge in [-0.05, 0) is 61.5 Å². The summed E-state index contributed by atoms with van der Waals surface area (Å²) in [6, 6.07) is 14.4. The van der Waals surface area contributed by atoms with Crippen LogP contribution in [0.3, 0.4) is 0 Å². The van der Waals surface area contributed by atoms with E-state index in [1.54, 1.807) is 49.7 Å². The molecule has 0 atom stereocenters. The maximum atomic E-state index is 13.1. The molecular weight excluding hydrogens is 438 g/mol. The van der Waals surface area contributed by atoms with Crippen LogP contribution in [0.25, 0.3) is 0 Å². The summed E-state index contributed by atoms with van der Waals surface area (Å²) in [6.07, 6.45) is 1.55. The Kier molecular flexibility index (Phi) is 6.84. The molecule has 4 rings (SSSR count). The number of nitrogens with one attached hydrogen (secondary N) is 1. The highest BCUT2D eigenvalue weighted by molar-refractivity contribution is 6.34. The quantitative estimate of drug-likeness (QED) is 0.384. The van der Waals surface area contributed by atoms with Gasteiger partial charge in [-0.1, -0.05) is 0 Å². The zero-order chi connectivity index (χ0) is 24.1. The monoisotopic (exact) mass is 461 g/mol. The lowest BCUT2D eigenvalue weighted by Gasteiger charge is -2.14. The Morgan fingerprint density at radius 3 is 2.47 bits per heavy atom. The summed E-state index contributed by atoms with van der Waals surface area (Å²) in [7, 11) is 1.56. The van der Waals surface area contributed by atoms with Crippen LogP contribution in [0.15, 0.2) is 60.8 Å². The van der Waals surface area contributed by atoms with E-state index in [2.05, 4.69) is 10.3 Å². The van der Waals surface area contributed by atoms with Gasteiger partial charge in [0.25, 0.3) is 17.7 Å². The first-order valence-electron chi connectivity index (χ1n) is 10.7. The number of rotatable bonds is 9. The summed E-state index contributed by atoms with van der Waals surface area (Å²) in [5.41, 5.74) is 1.42. The van der Waals surface area contributed by atoms with E-state index in [1.807, 2.05) is 6.92 Å². The molecule has 0 spiro atoms. The second-order valence-corrected chi connectivity index (χ2v) is 7.28. The normalized spacial score (nSPS) is 12.5. The fourth-order valence-electron chi connectivity index (χ4n) is 3.49. The van der Waals surface area contributed by atoms with E-state index in [1.165, 1.54) is 18.2 Å². The number of hydrogen-bond acceptors (Lipinski definition) is 7. The molecule has 0 unspecified atom stereocenters. The smallest absolute Gasteiger partial charge is 0.266 e. The van der Waals surface area contributed by atoms with Gasteiger partial charge >= 0.3 is 0 Å². The first kappa shape index (κ1) is 22.9. The van der Waals surface area contributed by atoms with Crippen molar-refractivity contribution >= 4 is 29.1 Å². The second kappa shape index (κ2) is 10.1. The minimum absolute atomic E-state index is 0.161. The van der Waals surface area contributed by atoms with Crippen LogP contribution < -0.4 is 19.7 Å². The van der Waals surface area contributed by atoms with E-state index in [9.17, 15) is 14.4 Å². The molecule has 1 aliphatic heterocycles. The number of carbonyl (C=O) groups is 3. The maximum Gasteiger partial charge on any atom is 0.266 e. The van der Waals surface area contributed by atoms with Crippen molar-refractivity contribution in [3.8, 4) is 11.6 Å². The van der Waals surface area contributed by atoms with Gasteiger partial charge in [-0.25, -0.2) is 9.88 Å². The molecule has 9 nitrogen and oxygen atoms in total. The zero-order valence-corrected chi connectivity index (χ0v) is 18.7. The van der Waals surface area contributed by atoms with Gasteiger partial charge in [-0.3, -0.25) is 14.4 Å². The SMILES string of the molecule is CCOc1ccc(N2C(=O)c3ccc(C(=O)Nc4cccnc4OCCOC)cc3C2=O)cc1. The second-order valence-electron chi connectivity index (χ2n) is 7.28. The molecule has 1 aliphatic rings. The number of nitrogens with zero attached hydrogens (tertiary/aromatic N) is 2. The van der Waals surface area contributed by atoms with E-state index in [4.69, 9.17) is 14.2 Å². The van der Waals surface area contributed by atoms with E-state index in [-0.39, 0.29) is 29.2 Å². The van der Waals surface area contributed by atoms with Gasteiger partial charge in [-0.2, -0.15) is 0 Å². The highest BCUT2D eigenvalue weighted by Crippen LogP contribution is 2.30. The first-order valence-corrected chi connectivity index (χ1v) is 10.7. The van der Waals surface area contributed by atoms with Gasteiger partial charge in [0.2, 0.25) is 5.88 Å². The van der Waals surface area contributed by atoms with Crippen LogP contribution in [0.4, 0.5) is 11.4 Å². The Hall–Kier alpha value is -4.24. The van der Waals surface area contributed by atoms with Crippen molar-refractivity contribution in [2.75, 3.05) is 37.1 Å².